The Kier molecular flexibility index (Phi) is 4.74. The number of nitrogens with zero attached hydrogens (tertiary/aromatic N) is 2. The monoisotopic (exact) mass is 317 g/mol. The molecule has 0 amide bonds. The number of aromatic nitrogens is 2. The number of phenolic OH excluding ortho intramolecular Hbond substituents is 1. The van der Waals surface area contributed by atoms with Crippen LogP contribution in [0, 0.1) is 6.92 Å². The van der Waals surface area contributed by atoms with Crippen molar-refractivity contribution in [3.8, 4) is 17.2 Å². The Morgan fingerprint density at radius 2 is 1.78 bits per heavy atom. The van der Waals surface area contributed by atoms with Gasteiger partial charge in [0, 0.05) is 6.07 Å². The van der Waals surface area contributed by atoms with E-state index in [1.54, 1.807) is 42.9 Å². The van der Waals surface area contributed by atoms with Crippen LogP contribution in [0.15, 0.2) is 23.0 Å². The molecule has 1 heterocycles. The highest BCUT2D eigenvalue weighted by atomic mass is 16.5. The van der Waals surface area contributed by atoms with Crippen molar-refractivity contribution in [2.45, 2.75) is 6.92 Å². The number of methoxy groups -OCH3 is 2. The van der Waals surface area contributed by atoms with Gasteiger partial charge in [0.05, 0.1) is 33.9 Å². The topological polar surface area (TPSA) is 64.6 Å². The van der Waals surface area contributed by atoms with Gasteiger partial charge in [-0.3, -0.25) is 0 Å². The molecule has 0 unspecified atom stereocenters. The number of rotatable bonds is 4. The SMILES string of the molecule is COc1ccc(OC)c(C=Cc2cc(C)n(C)c(=O)[n+]2C)c1O. The van der Waals surface area contributed by atoms with E-state index in [0.717, 1.165) is 11.4 Å². The van der Waals surface area contributed by atoms with Crippen LogP contribution in [0.25, 0.3) is 12.2 Å². The van der Waals surface area contributed by atoms with Gasteiger partial charge in [0.2, 0.25) is 0 Å². The first kappa shape index (κ1) is 16.6. The number of aryl methyl sites for hydroxylation is 1. The maximum atomic E-state index is 12.1. The fourth-order valence-corrected chi connectivity index (χ4v) is 2.30. The number of ether oxygens (including phenoxy) is 2. The highest BCUT2D eigenvalue weighted by molar-refractivity contribution is 5.76. The van der Waals surface area contributed by atoms with Crippen molar-refractivity contribution in [1.82, 2.24) is 4.57 Å². The summed E-state index contributed by atoms with van der Waals surface area (Å²) in [5.74, 6) is 0.865. The van der Waals surface area contributed by atoms with Gasteiger partial charge in [-0.2, -0.15) is 13.9 Å². The van der Waals surface area contributed by atoms with E-state index in [9.17, 15) is 9.90 Å². The van der Waals surface area contributed by atoms with Gasteiger partial charge in [-0.25, -0.2) is 0 Å². The molecule has 6 heteroatoms. The predicted molar refractivity (Wildman–Crippen MR) is 87.7 cm³/mol. The summed E-state index contributed by atoms with van der Waals surface area (Å²) in [5.41, 5.74) is 1.93. The quantitative estimate of drug-likeness (QED) is 0.866. The molecule has 2 aromatic rings. The second-order valence-corrected chi connectivity index (χ2v) is 5.18. The van der Waals surface area contributed by atoms with Crippen molar-refractivity contribution in [1.29, 1.82) is 0 Å². The maximum absolute atomic E-state index is 12.1. The van der Waals surface area contributed by atoms with Crippen LogP contribution in [0.5, 0.6) is 17.2 Å². The molecule has 1 N–H and O–H groups in total. The first-order valence-electron chi connectivity index (χ1n) is 7.09. The molecule has 0 atom stereocenters. The molecular weight excluding hydrogens is 296 g/mol. The molecule has 0 radical (unpaired) electrons. The molecule has 0 fully saturated rings. The van der Waals surface area contributed by atoms with Crippen molar-refractivity contribution in [3.05, 3.63) is 45.6 Å². The summed E-state index contributed by atoms with van der Waals surface area (Å²) in [7, 11) is 6.44. The van der Waals surface area contributed by atoms with E-state index in [1.165, 1.54) is 18.8 Å². The highest BCUT2D eigenvalue weighted by Gasteiger charge is 2.14. The van der Waals surface area contributed by atoms with Gasteiger partial charge in [0.15, 0.2) is 11.5 Å². The molecule has 0 aliphatic heterocycles. The van der Waals surface area contributed by atoms with Crippen molar-refractivity contribution < 1.29 is 19.1 Å². The zero-order valence-electron chi connectivity index (χ0n) is 14.0. The molecule has 0 saturated carbocycles. The largest absolute Gasteiger partial charge is 0.504 e. The van der Waals surface area contributed by atoms with Crippen molar-refractivity contribution in [3.63, 3.8) is 0 Å². The van der Waals surface area contributed by atoms with Gasteiger partial charge in [-0.1, -0.05) is 0 Å². The Bertz CT molecular complexity index is 822. The van der Waals surface area contributed by atoms with Crippen LogP contribution >= 0.6 is 0 Å². The van der Waals surface area contributed by atoms with E-state index in [1.807, 2.05) is 13.0 Å². The summed E-state index contributed by atoms with van der Waals surface area (Å²) >= 11 is 0. The fourth-order valence-electron chi connectivity index (χ4n) is 2.30. The van der Waals surface area contributed by atoms with Crippen LogP contribution in [-0.4, -0.2) is 23.9 Å². The number of phenols is 1. The average molecular weight is 317 g/mol. The van der Waals surface area contributed by atoms with Gasteiger partial charge >= 0.3 is 5.69 Å². The van der Waals surface area contributed by atoms with Gasteiger partial charge < -0.3 is 14.6 Å². The van der Waals surface area contributed by atoms with E-state index in [0.29, 0.717) is 17.1 Å². The van der Waals surface area contributed by atoms with Gasteiger partial charge in [0.25, 0.3) is 0 Å². The van der Waals surface area contributed by atoms with Gasteiger partial charge in [-0.15, -0.1) is 0 Å². The van der Waals surface area contributed by atoms with Crippen LogP contribution in [0.2, 0.25) is 0 Å². The minimum absolute atomic E-state index is 0.00805. The number of benzene rings is 1. The van der Waals surface area contributed by atoms with E-state index in [4.69, 9.17) is 9.47 Å². The zero-order chi connectivity index (χ0) is 17.1. The van der Waals surface area contributed by atoms with Crippen molar-refractivity contribution >= 4 is 12.2 Å². The Balaban J connectivity index is 2.56. The minimum atomic E-state index is -0.119. The van der Waals surface area contributed by atoms with Crippen LogP contribution in [-0.2, 0) is 14.1 Å². The molecule has 0 saturated heterocycles. The smallest absolute Gasteiger partial charge is 0.498 e. The van der Waals surface area contributed by atoms with Crippen LogP contribution in [0.1, 0.15) is 17.0 Å². The van der Waals surface area contributed by atoms with Gasteiger partial charge in [0.1, 0.15) is 17.1 Å². The molecule has 1 aromatic heterocycles. The lowest BCUT2D eigenvalue weighted by molar-refractivity contribution is -0.692. The van der Waals surface area contributed by atoms with Crippen molar-refractivity contribution in [2.75, 3.05) is 14.2 Å². The minimum Gasteiger partial charge on any atom is -0.504 e. The molecule has 0 aliphatic carbocycles. The molecule has 6 nitrogen and oxygen atoms in total. The predicted octanol–water partition coefficient (Wildman–Crippen LogP) is 1.41. The third kappa shape index (κ3) is 3.06. The summed E-state index contributed by atoms with van der Waals surface area (Å²) in [6.07, 6.45) is 3.45. The molecule has 2 rings (SSSR count). The summed E-state index contributed by atoms with van der Waals surface area (Å²) in [6, 6.07) is 5.24. The average Bonchev–Trinajstić information content (AvgIpc) is 2.55. The molecule has 0 spiro atoms. The summed E-state index contributed by atoms with van der Waals surface area (Å²) in [4.78, 5) is 12.1. The molecule has 122 valence electrons. The highest BCUT2D eigenvalue weighted by Crippen LogP contribution is 2.37. The van der Waals surface area contributed by atoms with Crippen LogP contribution in [0.3, 0.4) is 0 Å². The summed E-state index contributed by atoms with van der Waals surface area (Å²) in [6.45, 7) is 1.86. The lowest BCUT2D eigenvalue weighted by Gasteiger charge is -2.10. The summed E-state index contributed by atoms with van der Waals surface area (Å²) in [5, 5.41) is 10.3. The zero-order valence-corrected chi connectivity index (χ0v) is 14.0. The molecule has 23 heavy (non-hydrogen) atoms. The Hall–Kier alpha value is -2.76. The van der Waals surface area contributed by atoms with Gasteiger partial charge in [-0.05, 0) is 31.2 Å². The molecule has 1 aromatic carbocycles. The second kappa shape index (κ2) is 6.56. The molecule has 0 aliphatic rings. The number of hydrogen-bond donors (Lipinski definition) is 1. The first-order chi connectivity index (χ1) is 10.9. The second-order valence-electron chi connectivity index (χ2n) is 5.18. The maximum Gasteiger partial charge on any atom is 0.498 e. The molecule has 0 bridgehead atoms. The third-order valence-electron chi connectivity index (χ3n) is 3.85. The fraction of sp³-hybridized carbons (Fsp3) is 0.294. The Morgan fingerprint density at radius 3 is 2.39 bits per heavy atom. The van der Waals surface area contributed by atoms with E-state index >= 15 is 0 Å². The van der Waals surface area contributed by atoms with E-state index < -0.39 is 0 Å². The summed E-state index contributed by atoms with van der Waals surface area (Å²) < 4.78 is 13.5. The van der Waals surface area contributed by atoms with Crippen LogP contribution < -0.4 is 19.7 Å². The lowest BCUT2D eigenvalue weighted by Crippen LogP contribution is -2.53. The standard InChI is InChI=1S/C17H20N2O4/c1-11-10-12(19(3)17(21)18(11)2)6-7-13-14(22-4)8-9-15(23-5)16(13)20/h6-10H,1-5H3/p+1. The normalized spacial score (nSPS) is 11.0. The first-order valence-corrected chi connectivity index (χ1v) is 7.09. The number of aromatic hydroxyl groups is 1. The van der Waals surface area contributed by atoms with E-state index in [2.05, 4.69) is 0 Å². The van der Waals surface area contributed by atoms with E-state index in [-0.39, 0.29) is 11.4 Å². The van der Waals surface area contributed by atoms with Crippen LogP contribution in [0.4, 0.5) is 0 Å². The number of hydrogen-bond acceptors (Lipinski definition) is 4. The lowest BCUT2D eigenvalue weighted by atomic mass is 10.1. The Labute approximate surface area is 134 Å². The Morgan fingerprint density at radius 1 is 1.17 bits per heavy atom. The third-order valence-corrected chi connectivity index (χ3v) is 3.85. The molecular formula is C17H21N2O4+. The van der Waals surface area contributed by atoms with Crippen molar-refractivity contribution in [2.24, 2.45) is 14.1 Å².